The van der Waals surface area contributed by atoms with Crippen LogP contribution < -0.4 is 0 Å². The Labute approximate surface area is 125 Å². The SMILES string of the molecule is FC(=COC(OC=CCBr)=C(Cl)C(Cl)Cl)C(F)F. The van der Waals surface area contributed by atoms with Crippen LogP contribution in [0.4, 0.5) is 13.2 Å². The standard InChI is InChI=1S/C9H7BrCl3F3O2/c10-2-1-3-17-9(6(11)7(12)13)18-4-5(14)8(15)16/h1,3-4,7-8H,2H2. The number of alkyl halides is 5. The van der Waals surface area contributed by atoms with E-state index in [2.05, 4.69) is 20.7 Å². The van der Waals surface area contributed by atoms with Crippen LogP contribution in [0.3, 0.4) is 0 Å². The van der Waals surface area contributed by atoms with Gasteiger partial charge >= 0.3 is 5.95 Å². The second-order valence-corrected chi connectivity index (χ2v) is 4.65. The molecule has 104 valence electrons. The van der Waals surface area contributed by atoms with E-state index in [1.54, 1.807) is 0 Å². The molecule has 0 aliphatic heterocycles. The first-order valence-corrected chi connectivity index (χ1v) is 6.63. The number of ether oxygens (including phenoxy) is 2. The summed E-state index contributed by atoms with van der Waals surface area (Å²) in [5.41, 5.74) is 0. The smallest absolute Gasteiger partial charge is 0.307 e. The van der Waals surface area contributed by atoms with Crippen molar-refractivity contribution in [2.24, 2.45) is 0 Å². The summed E-state index contributed by atoms with van der Waals surface area (Å²) >= 11 is 19.5. The van der Waals surface area contributed by atoms with Crippen LogP contribution in [0.25, 0.3) is 0 Å². The number of rotatable bonds is 7. The first-order valence-electron chi connectivity index (χ1n) is 4.26. The zero-order valence-corrected chi connectivity index (χ0v) is 12.4. The second kappa shape index (κ2) is 9.83. The Bertz CT molecular complexity index is 346. The lowest BCUT2D eigenvalue weighted by Gasteiger charge is -2.08. The van der Waals surface area contributed by atoms with Gasteiger partial charge in [0.15, 0.2) is 0 Å². The summed E-state index contributed by atoms with van der Waals surface area (Å²) in [5, 5.41) is 0.153. The van der Waals surface area contributed by atoms with Crippen molar-refractivity contribution in [2.75, 3.05) is 5.33 Å². The van der Waals surface area contributed by atoms with Crippen molar-refractivity contribution in [2.45, 2.75) is 11.3 Å². The molecule has 18 heavy (non-hydrogen) atoms. The van der Waals surface area contributed by atoms with Gasteiger partial charge in [-0.1, -0.05) is 50.7 Å². The minimum Gasteiger partial charge on any atom is -0.433 e. The van der Waals surface area contributed by atoms with Crippen molar-refractivity contribution in [3.63, 3.8) is 0 Å². The first kappa shape index (κ1) is 18.0. The summed E-state index contributed by atoms with van der Waals surface area (Å²) in [4.78, 5) is -1.21. The predicted molar refractivity (Wildman–Crippen MR) is 68.7 cm³/mol. The van der Waals surface area contributed by atoms with Crippen LogP contribution in [0.2, 0.25) is 0 Å². The summed E-state index contributed by atoms with van der Waals surface area (Å²) in [5.74, 6) is -2.29. The fourth-order valence-corrected chi connectivity index (χ4v) is 0.957. The summed E-state index contributed by atoms with van der Waals surface area (Å²) in [6, 6.07) is 0. The summed E-state index contributed by atoms with van der Waals surface area (Å²) in [6.07, 6.45) is -0.513. The van der Waals surface area contributed by atoms with E-state index in [4.69, 9.17) is 39.5 Å². The minimum absolute atomic E-state index is 0.153. The fourth-order valence-electron chi connectivity index (χ4n) is 0.537. The molecule has 0 aromatic heterocycles. The van der Waals surface area contributed by atoms with E-state index in [0.717, 1.165) is 6.26 Å². The van der Waals surface area contributed by atoms with Crippen LogP contribution >= 0.6 is 50.7 Å². The van der Waals surface area contributed by atoms with Gasteiger partial charge in [0.05, 0.1) is 6.26 Å². The Morgan fingerprint density at radius 3 is 2.33 bits per heavy atom. The van der Waals surface area contributed by atoms with E-state index in [0.29, 0.717) is 5.33 Å². The van der Waals surface area contributed by atoms with Gasteiger partial charge in [-0.05, 0) is 6.08 Å². The maximum absolute atomic E-state index is 12.5. The molecule has 0 radical (unpaired) electrons. The largest absolute Gasteiger partial charge is 0.433 e. The third-order valence-corrected chi connectivity index (χ3v) is 2.64. The van der Waals surface area contributed by atoms with Crippen molar-refractivity contribution in [3.8, 4) is 0 Å². The highest BCUT2D eigenvalue weighted by atomic mass is 79.9. The molecule has 0 aromatic carbocycles. The molecule has 0 atom stereocenters. The van der Waals surface area contributed by atoms with E-state index >= 15 is 0 Å². The highest BCUT2D eigenvalue weighted by Gasteiger charge is 2.16. The van der Waals surface area contributed by atoms with Gasteiger partial charge in [-0.3, -0.25) is 0 Å². The van der Waals surface area contributed by atoms with Gasteiger partial charge < -0.3 is 9.47 Å². The van der Waals surface area contributed by atoms with Gasteiger partial charge in [0.1, 0.15) is 16.1 Å². The maximum Gasteiger partial charge on any atom is 0.307 e. The average molecular weight is 390 g/mol. The number of allylic oxidation sites excluding steroid dienone is 3. The van der Waals surface area contributed by atoms with Gasteiger partial charge in [0.25, 0.3) is 6.43 Å². The zero-order valence-electron chi connectivity index (χ0n) is 8.56. The molecule has 2 nitrogen and oxygen atoms in total. The molecule has 0 bridgehead atoms. The molecule has 0 aliphatic rings. The second-order valence-electron chi connectivity index (χ2n) is 2.50. The normalized spacial score (nSPS) is 14.4. The van der Waals surface area contributed by atoms with E-state index in [1.807, 2.05) is 0 Å². The molecule has 0 aliphatic carbocycles. The molecule has 0 fully saturated rings. The number of hydrogen-bond acceptors (Lipinski definition) is 2. The third-order valence-electron chi connectivity index (χ3n) is 1.23. The number of halogens is 7. The lowest BCUT2D eigenvalue weighted by Crippen LogP contribution is -1.99. The average Bonchev–Trinajstić information content (AvgIpc) is 2.31. The lowest BCUT2D eigenvalue weighted by molar-refractivity contribution is 0.120. The molecule has 9 heteroatoms. The van der Waals surface area contributed by atoms with Crippen LogP contribution in [-0.4, -0.2) is 16.6 Å². The monoisotopic (exact) mass is 388 g/mol. The molecule has 0 aromatic rings. The quantitative estimate of drug-likeness (QED) is 0.439. The van der Waals surface area contributed by atoms with Gasteiger partial charge in [-0.15, -0.1) is 0 Å². The summed E-state index contributed by atoms with van der Waals surface area (Å²) in [6.45, 7) is 0. The van der Waals surface area contributed by atoms with Crippen LogP contribution in [-0.2, 0) is 9.47 Å². The van der Waals surface area contributed by atoms with Crippen molar-refractivity contribution >= 4 is 50.7 Å². The molecule has 0 N–H and O–H groups in total. The molecule has 0 heterocycles. The van der Waals surface area contributed by atoms with Gasteiger partial charge in [0.2, 0.25) is 5.83 Å². The molecule has 0 saturated carbocycles. The fraction of sp³-hybridized carbons (Fsp3) is 0.333. The van der Waals surface area contributed by atoms with Crippen LogP contribution in [0.15, 0.2) is 35.4 Å². The van der Waals surface area contributed by atoms with Gasteiger partial charge in [0, 0.05) is 5.33 Å². The first-order chi connectivity index (χ1) is 8.40. The van der Waals surface area contributed by atoms with E-state index in [-0.39, 0.29) is 11.3 Å². The minimum atomic E-state index is -3.30. The van der Waals surface area contributed by atoms with Crippen molar-refractivity contribution < 1.29 is 22.6 Å². The van der Waals surface area contributed by atoms with Crippen molar-refractivity contribution in [1.29, 1.82) is 0 Å². The Balaban J connectivity index is 4.84. The van der Waals surface area contributed by atoms with Crippen LogP contribution in [0.1, 0.15) is 0 Å². The molecular weight excluding hydrogens is 383 g/mol. The molecule has 0 unspecified atom stereocenters. The van der Waals surface area contributed by atoms with E-state index in [9.17, 15) is 13.2 Å². The Morgan fingerprint density at radius 2 is 1.89 bits per heavy atom. The van der Waals surface area contributed by atoms with Crippen molar-refractivity contribution in [3.05, 3.63) is 35.4 Å². The Morgan fingerprint density at radius 1 is 1.28 bits per heavy atom. The Kier molecular flexibility index (Phi) is 9.81. The molecule has 0 spiro atoms. The summed E-state index contributed by atoms with van der Waals surface area (Å²) < 4.78 is 45.6. The lowest BCUT2D eigenvalue weighted by atomic mass is 10.6. The zero-order chi connectivity index (χ0) is 14.1. The van der Waals surface area contributed by atoms with Gasteiger partial charge in [-0.2, -0.15) is 0 Å². The van der Waals surface area contributed by atoms with E-state index in [1.165, 1.54) is 6.08 Å². The van der Waals surface area contributed by atoms with E-state index < -0.39 is 23.0 Å². The highest BCUT2D eigenvalue weighted by Crippen LogP contribution is 2.25. The third kappa shape index (κ3) is 7.41. The van der Waals surface area contributed by atoms with Gasteiger partial charge in [-0.25, -0.2) is 13.2 Å². The molecule has 0 saturated heterocycles. The maximum atomic E-state index is 12.5. The van der Waals surface area contributed by atoms with Crippen LogP contribution in [0, 0.1) is 0 Å². The van der Waals surface area contributed by atoms with Crippen LogP contribution in [0.5, 0.6) is 0 Å². The topological polar surface area (TPSA) is 18.5 Å². The number of hydrogen-bond donors (Lipinski definition) is 0. The highest BCUT2D eigenvalue weighted by molar-refractivity contribution is 9.09. The molecule has 0 amide bonds. The molecule has 0 rings (SSSR count). The summed E-state index contributed by atoms with van der Waals surface area (Å²) in [7, 11) is 0. The van der Waals surface area contributed by atoms with Crippen molar-refractivity contribution in [1.82, 2.24) is 0 Å². The Hall–Kier alpha value is -0.0400. The molecular formula is C9H7BrCl3F3O2. The predicted octanol–water partition coefficient (Wildman–Crippen LogP) is 5.22.